The summed E-state index contributed by atoms with van der Waals surface area (Å²) >= 11 is 36.0. The first kappa shape index (κ1) is 15.3. The summed E-state index contributed by atoms with van der Waals surface area (Å²) in [7, 11) is 0. The number of aromatic nitrogens is 1. The number of rotatable bonds is 1. The largest absolute Gasteiger partial charge is 0.312 e. The van der Waals surface area contributed by atoms with E-state index in [1.54, 1.807) is 0 Å². The Morgan fingerprint density at radius 1 is 0.737 bits per heavy atom. The van der Waals surface area contributed by atoms with Crippen LogP contribution in [0.5, 0.6) is 0 Å². The van der Waals surface area contributed by atoms with E-state index in [9.17, 15) is 4.79 Å². The van der Waals surface area contributed by atoms with Crippen LogP contribution >= 0.6 is 69.6 Å². The molecule has 19 heavy (non-hydrogen) atoms. The van der Waals surface area contributed by atoms with Crippen molar-refractivity contribution in [2.75, 3.05) is 0 Å². The molecule has 0 fully saturated rings. The molecular weight excluding hydrogens is 375 g/mol. The van der Waals surface area contributed by atoms with Crippen LogP contribution in [0.25, 0.3) is 11.1 Å². The van der Waals surface area contributed by atoms with Crippen molar-refractivity contribution in [3.05, 3.63) is 52.8 Å². The summed E-state index contributed by atoms with van der Waals surface area (Å²) in [6.07, 6.45) is 0. The van der Waals surface area contributed by atoms with Crippen molar-refractivity contribution in [2.24, 2.45) is 0 Å². The maximum atomic E-state index is 11.2. The summed E-state index contributed by atoms with van der Waals surface area (Å²) in [6, 6.07) is 2.75. The molecule has 1 N–H and O–H groups in total. The van der Waals surface area contributed by atoms with Crippen LogP contribution < -0.4 is 5.56 Å². The highest BCUT2D eigenvalue weighted by atomic mass is 35.5. The van der Waals surface area contributed by atoms with Gasteiger partial charge in [0, 0.05) is 17.2 Å². The third kappa shape index (κ3) is 2.71. The molecular formula is C11H3Cl6NO. The Morgan fingerprint density at radius 3 is 1.68 bits per heavy atom. The molecule has 0 saturated carbocycles. The summed E-state index contributed by atoms with van der Waals surface area (Å²) in [4.78, 5) is 13.6. The van der Waals surface area contributed by atoms with Crippen LogP contribution in [-0.4, -0.2) is 4.98 Å². The summed E-state index contributed by atoms with van der Waals surface area (Å²) < 4.78 is 0. The van der Waals surface area contributed by atoms with Gasteiger partial charge in [0.2, 0.25) is 5.56 Å². The van der Waals surface area contributed by atoms with Crippen LogP contribution in [0.4, 0.5) is 0 Å². The Bertz CT molecular complexity index is 695. The minimum absolute atomic E-state index is 0.0580. The van der Waals surface area contributed by atoms with E-state index >= 15 is 0 Å². The lowest BCUT2D eigenvalue weighted by Crippen LogP contribution is -2.04. The number of hydrogen-bond donors (Lipinski definition) is 1. The van der Waals surface area contributed by atoms with Crippen LogP contribution in [-0.2, 0) is 0 Å². The number of halogens is 6. The molecule has 0 amide bonds. The fourth-order valence-corrected chi connectivity index (χ4v) is 3.08. The predicted molar refractivity (Wildman–Crippen MR) is 82.6 cm³/mol. The molecule has 0 aliphatic heterocycles. The molecule has 2 nitrogen and oxygen atoms in total. The SMILES string of the molecule is O=c1ccc(-c2c(Cl)c(Cl)c(Cl)c(Cl)c2Cl)c(Cl)[nH]1. The zero-order chi connectivity index (χ0) is 14.3. The molecule has 0 aliphatic carbocycles. The number of pyridine rings is 1. The number of hydrogen-bond acceptors (Lipinski definition) is 1. The van der Waals surface area contributed by atoms with E-state index in [0.29, 0.717) is 11.1 Å². The minimum atomic E-state index is -0.354. The molecule has 1 heterocycles. The predicted octanol–water partition coefficient (Wildman–Crippen LogP) is 5.96. The summed E-state index contributed by atoms with van der Waals surface area (Å²) in [5.41, 5.74) is 0.355. The molecule has 8 heteroatoms. The van der Waals surface area contributed by atoms with Gasteiger partial charge in [-0.05, 0) is 6.07 Å². The molecule has 0 atom stereocenters. The lowest BCUT2D eigenvalue weighted by atomic mass is 10.1. The maximum Gasteiger partial charge on any atom is 0.249 e. The smallest absolute Gasteiger partial charge is 0.249 e. The van der Waals surface area contributed by atoms with E-state index in [1.165, 1.54) is 12.1 Å². The average molecular weight is 378 g/mol. The topological polar surface area (TPSA) is 32.9 Å². The number of nitrogens with one attached hydrogen (secondary N) is 1. The third-order valence-corrected chi connectivity index (χ3v) is 4.92. The third-order valence-electron chi connectivity index (χ3n) is 2.35. The van der Waals surface area contributed by atoms with Gasteiger partial charge < -0.3 is 4.98 Å². The lowest BCUT2D eigenvalue weighted by Gasteiger charge is -2.13. The van der Waals surface area contributed by atoms with E-state index in [0.717, 1.165) is 0 Å². The molecule has 0 radical (unpaired) electrons. The van der Waals surface area contributed by atoms with Crippen molar-refractivity contribution in [3.8, 4) is 11.1 Å². The Labute approximate surface area is 138 Å². The highest BCUT2D eigenvalue weighted by Gasteiger charge is 2.22. The van der Waals surface area contributed by atoms with Gasteiger partial charge in [0.05, 0.1) is 25.1 Å². The van der Waals surface area contributed by atoms with Crippen LogP contribution in [0.3, 0.4) is 0 Å². The summed E-state index contributed by atoms with van der Waals surface area (Å²) in [6.45, 7) is 0. The maximum absolute atomic E-state index is 11.2. The monoisotopic (exact) mass is 375 g/mol. The summed E-state index contributed by atoms with van der Waals surface area (Å²) in [5, 5.41) is 0.475. The molecule has 0 unspecified atom stereocenters. The molecule has 2 aromatic rings. The molecule has 1 aromatic carbocycles. The zero-order valence-electron chi connectivity index (χ0n) is 8.83. The number of H-pyrrole nitrogens is 1. The zero-order valence-corrected chi connectivity index (χ0v) is 13.4. The second-order valence-electron chi connectivity index (χ2n) is 3.50. The fourth-order valence-electron chi connectivity index (χ4n) is 1.48. The van der Waals surface area contributed by atoms with Gasteiger partial charge in [0.1, 0.15) is 5.15 Å². The van der Waals surface area contributed by atoms with E-state index < -0.39 is 0 Å². The van der Waals surface area contributed by atoms with Crippen molar-refractivity contribution in [2.45, 2.75) is 0 Å². The quantitative estimate of drug-likeness (QED) is 0.371. The van der Waals surface area contributed by atoms with Gasteiger partial charge in [0.25, 0.3) is 0 Å². The highest BCUT2D eigenvalue weighted by Crippen LogP contribution is 2.48. The Hall–Kier alpha value is -0.0900. The van der Waals surface area contributed by atoms with Crippen molar-refractivity contribution >= 4 is 69.6 Å². The van der Waals surface area contributed by atoms with Gasteiger partial charge in [0.15, 0.2) is 0 Å². The molecule has 2 rings (SSSR count). The van der Waals surface area contributed by atoms with Crippen LogP contribution in [0.1, 0.15) is 0 Å². The van der Waals surface area contributed by atoms with Crippen molar-refractivity contribution < 1.29 is 0 Å². The van der Waals surface area contributed by atoms with E-state index in [2.05, 4.69) is 4.98 Å². The van der Waals surface area contributed by atoms with Crippen molar-refractivity contribution in [1.82, 2.24) is 4.98 Å². The molecule has 0 aliphatic rings. The van der Waals surface area contributed by atoms with E-state index in [4.69, 9.17) is 69.6 Å². The van der Waals surface area contributed by atoms with Gasteiger partial charge in [-0.3, -0.25) is 4.79 Å². The van der Waals surface area contributed by atoms with Crippen LogP contribution in [0, 0.1) is 0 Å². The molecule has 0 saturated heterocycles. The van der Waals surface area contributed by atoms with Gasteiger partial charge in [-0.1, -0.05) is 69.6 Å². The Balaban J connectivity index is 2.86. The second-order valence-corrected chi connectivity index (χ2v) is 5.76. The lowest BCUT2D eigenvalue weighted by molar-refractivity contribution is 1.24. The number of benzene rings is 1. The van der Waals surface area contributed by atoms with Crippen molar-refractivity contribution in [3.63, 3.8) is 0 Å². The molecule has 100 valence electrons. The molecule has 1 aromatic heterocycles. The number of aromatic amines is 1. The standard InChI is InChI=1S/C11H3Cl6NO/c12-6-5(3-1-2-4(19)18-11(3)17)7(13)9(15)10(16)8(6)14/h1-2H,(H,18,19). The first-order chi connectivity index (χ1) is 8.84. The molecule has 0 spiro atoms. The molecule has 0 bridgehead atoms. The second kappa shape index (κ2) is 5.72. The van der Waals surface area contributed by atoms with Gasteiger partial charge in [-0.25, -0.2) is 0 Å². The average Bonchev–Trinajstić information content (AvgIpc) is 2.37. The first-order valence-electron chi connectivity index (χ1n) is 4.75. The summed E-state index contributed by atoms with van der Waals surface area (Å²) in [5.74, 6) is 0. The van der Waals surface area contributed by atoms with Gasteiger partial charge in [-0.2, -0.15) is 0 Å². The Morgan fingerprint density at radius 2 is 1.21 bits per heavy atom. The van der Waals surface area contributed by atoms with Gasteiger partial charge in [-0.15, -0.1) is 0 Å². The first-order valence-corrected chi connectivity index (χ1v) is 7.02. The highest BCUT2D eigenvalue weighted by molar-refractivity contribution is 6.56. The van der Waals surface area contributed by atoms with Gasteiger partial charge >= 0.3 is 0 Å². The van der Waals surface area contributed by atoms with Crippen molar-refractivity contribution in [1.29, 1.82) is 0 Å². The normalized spacial score (nSPS) is 10.8. The Kier molecular flexibility index (Phi) is 4.61. The minimum Gasteiger partial charge on any atom is -0.312 e. The fraction of sp³-hybridized carbons (Fsp3) is 0. The van der Waals surface area contributed by atoms with Crippen LogP contribution in [0.15, 0.2) is 16.9 Å². The van der Waals surface area contributed by atoms with E-state index in [1.807, 2.05) is 0 Å². The van der Waals surface area contributed by atoms with E-state index in [-0.39, 0.29) is 35.8 Å². The van der Waals surface area contributed by atoms with Crippen LogP contribution in [0.2, 0.25) is 30.3 Å².